The molecule has 0 fully saturated rings. The Kier molecular flexibility index (Phi) is 4.38. The van der Waals surface area contributed by atoms with E-state index in [4.69, 9.17) is 5.73 Å². The van der Waals surface area contributed by atoms with Crippen molar-refractivity contribution >= 4 is 31.9 Å². The lowest BCUT2D eigenvalue weighted by molar-refractivity contribution is 0.539. The molecule has 0 aromatic heterocycles. The molecule has 0 saturated heterocycles. The lowest BCUT2D eigenvalue weighted by atomic mass is 9.98. The quantitative estimate of drug-likeness (QED) is 0.729. The largest absolute Gasteiger partial charge is 0.320 e. The minimum absolute atomic E-state index is 0.140. The standard InChI is InChI=1S/C14H11Br2F2N/c1-7-2-3-8(10(16)6-7)14(19)12-11(17)5-4-9(15)13(12)18/h2-6,14H,19H2,1H3. The fourth-order valence-electron chi connectivity index (χ4n) is 1.87. The van der Waals surface area contributed by atoms with Gasteiger partial charge in [0.2, 0.25) is 0 Å². The Balaban J connectivity index is 2.56. The topological polar surface area (TPSA) is 26.0 Å². The summed E-state index contributed by atoms with van der Waals surface area (Å²) in [6.45, 7) is 1.93. The summed E-state index contributed by atoms with van der Waals surface area (Å²) in [5, 5.41) is 0. The van der Waals surface area contributed by atoms with Crippen molar-refractivity contribution in [3.63, 3.8) is 0 Å². The average molecular weight is 391 g/mol. The number of aryl methyl sites for hydroxylation is 1. The maximum Gasteiger partial charge on any atom is 0.145 e. The highest BCUT2D eigenvalue weighted by atomic mass is 79.9. The molecular formula is C14H11Br2F2N. The van der Waals surface area contributed by atoms with Gasteiger partial charge in [0.15, 0.2) is 0 Å². The summed E-state index contributed by atoms with van der Waals surface area (Å²) >= 11 is 6.42. The SMILES string of the molecule is Cc1ccc(C(N)c2c(F)ccc(Br)c2F)c(Br)c1. The molecule has 2 N–H and O–H groups in total. The molecule has 19 heavy (non-hydrogen) atoms. The summed E-state index contributed by atoms with van der Waals surface area (Å²) in [7, 11) is 0. The molecule has 1 unspecified atom stereocenters. The van der Waals surface area contributed by atoms with Crippen molar-refractivity contribution in [2.75, 3.05) is 0 Å². The first-order valence-electron chi connectivity index (χ1n) is 5.57. The molecular weight excluding hydrogens is 380 g/mol. The van der Waals surface area contributed by atoms with Crippen molar-refractivity contribution in [3.05, 3.63) is 67.6 Å². The normalized spacial score (nSPS) is 12.5. The van der Waals surface area contributed by atoms with E-state index in [2.05, 4.69) is 31.9 Å². The number of hydrogen-bond acceptors (Lipinski definition) is 1. The third kappa shape index (κ3) is 2.88. The molecule has 1 nitrogen and oxygen atoms in total. The second-order valence-corrected chi connectivity index (χ2v) is 5.97. The number of rotatable bonds is 2. The van der Waals surface area contributed by atoms with Gasteiger partial charge < -0.3 is 5.73 Å². The zero-order valence-corrected chi connectivity index (χ0v) is 13.2. The van der Waals surface area contributed by atoms with Gasteiger partial charge in [0, 0.05) is 10.0 Å². The predicted molar refractivity (Wildman–Crippen MR) is 79.0 cm³/mol. The Morgan fingerprint density at radius 2 is 1.74 bits per heavy atom. The van der Waals surface area contributed by atoms with Gasteiger partial charge in [-0.2, -0.15) is 0 Å². The van der Waals surface area contributed by atoms with Crippen molar-refractivity contribution in [3.8, 4) is 0 Å². The van der Waals surface area contributed by atoms with Crippen LogP contribution in [0.25, 0.3) is 0 Å². The molecule has 0 heterocycles. The zero-order valence-electron chi connectivity index (χ0n) is 10.1. The summed E-state index contributed by atoms with van der Waals surface area (Å²) in [5.41, 5.74) is 7.55. The van der Waals surface area contributed by atoms with Crippen LogP contribution in [0.15, 0.2) is 39.3 Å². The number of nitrogens with two attached hydrogens (primary N) is 1. The molecule has 0 saturated carbocycles. The van der Waals surface area contributed by atoms with Crippen LogP contribution >= 0.6 is 31.9 Å². The molecule has 0 aliphatic rings. The molecule has 2 aromatic rings. The molecule has 0 aliphatic carbocycles. The summed E-state index contributed by atoms with van der Waals surface area (Å²) in [5.74, 6) is -1.32. The first-order chi connectivity index (χ1) is 8.91. The Bertz CT molecular complexity index is 629. The Morgan fingerprint density at radius 3 is 2.37 bits per heavy atom. The van der Waals surface area contributed by atoms with Crippen LogP contribution in [-0.4, -0.2) is 0 Å². The molecule has 0 bridgehead atoms. The monoisotopic (exact) mass is 389 g/mol. The zero-order chi connectivity index (χ0) is 14.2. The smallest absolute Gasteiger partial charge is 0.145 e. The van der Waals surface area contributed by atoms with E-state index in [1.54, 1.807) is 6.07 Å². The van der Waals surface area contributed by atoms with Gasteiger partial charge in [-0.3, -0.25) is 0 Å². The second-order valence-electron chi connectivity index (χ2n) is 4.26. The van der Waals surface area contributed by atoms with E-state index in [9.17, 15) is 8.78 Å². The second kappa shape index (κ2) is 5.69. The van der Waals surface area contributed by atoms with Gasteiger partial charge in [-0.05, 0) is 52.2 Å². The number of halogens is 4. The van der Waals surface area contributed by atoms with Crippen molar-refractivity contribution in [2.45, 2.75) is 13.0 Å². The summed E-state index contributed by atoms with van der Waals surface area (Å²) in [6.07, 6.45) is 0. The van der Waals surface area contributed by atoms with Gasteiger partial charge in [-0.15, -0.1) is 0 Å². The molecule has 1 atom stereocenters. The summed E-state index contributed by atoms with van der Waals surface area (Å²) < 4.78 is 28.8. The summed E-state index contributed by atoms with van der Waals surface area (Å²) in [4.78, 5) is 0. The third-order valence-corrected chi connectivity index (χ3v) is 4.18. The number of benzene rings is 2. The van der Waals surface area contributed by atoms with E-state index in [0.29, 0.717) is 5.56 Å². The Labute approximate surface area is 127 Å². The van der Waals surface area contributed by atoms with Crippen molar-refractivity contribution in [1.29, 1.82) is 0 Å². The van der Waals surface area contributed by atoms with Crippen LogP contribution in [0.2, 0.25) is 0 Å². The van der Waals surface area contributed by atoms with Crippen molar-refractivity contribution in [1.82, 2.24) is 0 Å². The maximum absolute atomic E-state index is 14.0. The molecule has 2 aromatic carbocycles. The van der Waals surface area contributed by atoms with Gasteiger partial charge in [-0.25, -0.2) is 8.78 Å². The number of hydrogen-bond donors (Lipinski definition) is 1. The summed E-state index contributed by atoms with van der Waals surface area (Å²) in [6, 6.07) is 7.14. The highest BCUT2D eigenvalue weighted by molar-refractivity contribution is 9.10. The first-order valence-corrected chi connectivity index (χ1v) is 7.15. The Morgan fingerprint density at radius 1 is 1.05 bits per heavy atom. The highest BCUT2D eigenvalue weighted by Gasteiger charge is 2.22. The van der Waals surface area contributed by atoms with Gasteiger partial charge in [0.05, 0.1) is 10.5 Å². The third-order valence-electron chi connectivity index (χ3n) is 2.88. The van der Waals surface area contributed by atoms with Gasteiger partial charge in [0.1, 0.15) is 11.6 Å². The lowest BCUT2D eigenvalue weighted by Crippen LogP contribution is -2.16. The van der Waals surface area contributed by atoms with Crippen LogP contribution in [0.3, 0.4) is 0 Å². The fourth-order valence-corrected chi connectivity index (χ4v) is 2.95. The first kappa shape index (κ1) is 14.6. The van der Waals surface area contributed by atoms with Crippen LogP contribution in [-0.2, 0) is 0 Å². The molecule has 2 rings (SSSR count). The molecule has 0 spiro atoms. The van der Waals surface area contributed by atoms with Crippen LogP contribution in [0.5, 0.6) is 0 Å². The Hall–Kier alpha value is -0.780. The van der Waals surface area contributed by atoms with E-state index in [0.717, 1.165) is 10.0 Å². The fraction of sp³-hybridized carbons (Fsp3) is 0.143. The molecule has 5 heteroatoms. The van der Waals surface area contributed by atoms with Gasteiger partial charge in [-0.1, -0.05) is 28.1 Å². The van der Waals surface area contributed by atoms with E-state index >= 15 is 0 Å². The molecule has 0 amide bonds. The van der Waals surface area contributed by atoms with E-state index < -0.39 is 17.7 Å². The van der Waals surface area contributed by atoms with Crippen LogP contribution < -0.4 is 5.73 Å². The van der Waals surface area contributed by atoms with Gasteiger partial charge in [0.25, 0.3) is 0 Å². The minimum Gasteiger partial charge on any atom is -0.320 e. The van der Waals surface area contributed by atoms with E-state index in [1.807, 2.05) is 19.1 Å². The van der Waals surface area contributed by atoms with E-state index in [-0.39, 0.29) is 10.0 Å². The van der Waals surface area contributed by atoms with E-state index in [1.165, 1.54) is 12.1 Å². The van der Waals surface area contributed by atoms with Crippen molar-refractivity contribution < 1.29 is 8.78 Å². The predicted octanol–water partition coefficient (Wildman–Crippen LogP) is 4.85. The minimum atomic E-state index is -0.868. The molecule has 100 valence electrons. The highest BCUT2D eigenvalue weighted by Crippen LogP contribution is 2.32. The van der Waals surface area contributed by atoms with Crippen LogP contribution in [0.1, 0.15) is 22.7 Å². The maximum atomic E-state index is 14.0. The lowest BCUT2D eigenvalue weighted by Gasteiger charge is -2.17. The molecule has 0 aliphatic heterocycles. The van der Waals surface area contributed by atoms with Crippen LogP contribution in [0.4, 0.5) is 8.78 Å². The van der Waals surface area contributed by atoms with Gasteiger partial charge >= 0.3 is 0 Å². The van der Waals surface area contributed by atoms with Crippen molar-refractivity contribution in [2.24, 2.45) is 5.73 Å². The van der Waals surface area contributed by atoms with Crippen LogP contribution in [0, 0.1) is 18.6 Å². The average Bonchev–Trinajstić information content (AvgIpc) is 2.34. The molecule has 0 radical (unpaired) electrons.